The van der Waals surface area contributed by atoms with E-state index in [-0.39, 0.29) is 11.9 Å². The van der Waals surface area contributed by atoms with Gasteiger partial charge in [-0.05, 0) is 34.6 Å². The number of benzene rings is 2. The van der Waals surface area contributed by atoms with Crippen LogP contribution in [-0.2, 0) is 16.0 Å². The smallest absolute Gasteiger partial charge is 0.244 e. The lowest BCUT2D eigenvalue weighted by atomic mass is 9.98. The van der Waals surface area contributed by atoms with E-state index in [4.69, 9.17) is 4.74 Å². The number of nitrogens with zero attached hydrogens (tertiary/aromatic N) is 1. The summed E-state index contributed by atoms with van der Waals surface area (Å²) in [5.41, 5.74) is 3.47. The van der Waals surface area contributed by atoms with E-state index in [1.165, 1.54) is 16.0 Å². The molecule has 2 aromatic carbocycles. The van der Waals surface area contributed by atoms with Gasteiger partial charge in [-0.3, -0.25) is 10.1 Å². The third kappa shape index (κ3) is 4.81. The molecule has 1 saturated heterocycles. The average molecular weight is 421 g/mol. The van der Waals surface area contributed by atoms with Crippen molar-refractivity contribution >= 4 is 17.2 Å². The summed E-state index contributed by atoms with van der Waals surface area (Å²) in [6.07, 6.45) is 1.01. The first-order chi connectivity index (χ1) is 14.8. The number of amides is 1. The van der Waals surface area contributed by atoms with Crippen molar-refractivity contribution in [2.75, 3.05) is 26.3 Å². The van der Waals surface area contributed by atoms with Crippen molar-refractivity contribution in [3.8, 4) is 0 Å². The minimum atomic E-state index is -0.415. The summed E-state index contributed by atoms with van der Waals surface area (Å²) < 4.78 is 5.45. The molecule has 0 radical (unpaired) electrons. The molecule has 0 spiro atoms. The highest BCUT2D eigenvalue weighted by molar-refractivity contribution is 7.10. The Bertz CT molecular complexity index is 920. The predicted molar refractivity (Wildman–Crippen MR) is 122 cm³/mol. The van der Waals surface area contributed by atoms with E-state index >= 15 is 0 Å². The van der Waals surface area contributed by atoms with Gasteiger partial charge in [-0.1, -0.05) is 67.6 Å². The number of ether oxygens (including phenoxy) is 1. The number of thiophene rings is 1. The number of rotatable bonds is 7. The zero-order valence-electron chi connectivity index (χ0n) is 17.3. The highest BCUT2D eigenvalue weighted by Gasteiger charge is 2.30. The molecule has 4 nitrogen and oxygen atoms in total. The number of carbonyl (C=O) groups excluding carboxylic acids is 1. The molecule has 2 atom stereocenters. The number of morpholine rings is 1. The van der Waals surface area contributed by atoms with Gasteiger partial charge < -0.3 is 9.64 Å². The molecule has 3 aromatic rings. The molecule has 1 N–H and O–H groups in total. The highest BCUT2D eigenvalue weighted by atomic mass is 32.1. The number of aryl methyl sites for hydroxylation is 1. The summed E-state index contributed by atoms with van der Waals surface area (Å²) in [4.78, 5) is 16.7. The predicted octanol–water partition coefficient (Wildman–Crippen LogP) is 4.59. The Morgan fingerprint density at radius 1 is 1.00 bits per heavy atom. The zero-order valence-corrected chi connectivity index (χ0v) is 18.1. The maximum atomic E-state index is 13.5. The molecule has 0 aliphatic carbocycles. The Hall–Kier alpha value is -2.47. The first-order valence-corrected chi connectivity index (χ1v) is 11.4. The van der Waals surface area contributed by atoms with Crippen molar-refractivity contribution in [3.05, 3.63) is 93.7 Å². The minimum Gasteiger partial charge on any atom is -0.378 e. The van der Waals surface area contributed by atoms with Crippen LogP contribution in [0.2, 0.25) is 0 Å². The minimum absolute atomic E-state index is 0.0499. The lowest BCUT2D eigenvalue weighted by Crippen LogP contribution is -2.47. The largest absolute Gasteiger partial charge is 0.378 e. The molecule has 0 saturated carbocycles. The van der Waals surface area contributed by atoms with Crippen LogP contribution in [0.5, 0.6) is 0 Å². The third-order valence-corrected chi connectivity index (χ3v) is 6.52. The van der Waals surface area contributed by atoms with Crippen LogP contribution in [0.3, 0.4) is 0 Å². The Morgan fingerprint density at radius 3 is 2.37 bits per heavy atom. The van der Waals surface area contributed by atoms with Crippen LogP contribution < -0.4 is 5.32 Å². The van der Waals surface area contributed by atoms with Crippen molar-refractivity contribution in [3.63, 3.8) is 0 Å². The van der Waals surface area contributed by atoms with E-state index < -0.39 is 6.04 Å². The van der Waals surface area contributed by atoms with Gasteiger partial charge in [0.2, 0.25) is 5.91 Å². The molecule has 0 unspecified atom stereocenters. The van der Waals surface area contributed by atoms with Gasteiger partial charge in [0.15, 0.2) is 0 Å². The number of nitrogens with one attached hydrogen (secondary N) is 1. The lowest BCUT2D eigenvalue weighted by molar-refractivity contribution is -0.137. The average Bonchev–Trinajstić information content (AvgIpc) is 3.35. The summed E-state index contributed by atoms with van der Waals surface area (Å²) in [5, 5.41) is 5.79. The van der Waals surface area contributed by atoms with Crippen LogP contribution in [0.1, 0.15) is 40.6 Å². The highest BCUT2D eigenvalue weighted by Crippen LogP contribution is 2.30. The second-order valence-corrected chi connectivity index (χ2v) is 8.47. The van der Waals surface area contributed by atoms with Gasteiger partial charge in [-0.15, -0.1) is 11.3 Å². The van der Waals surface area contributed by atoms with E-state index in [1.807, 2.05) is 35.2 Å². The molecular formula is C25H28N2O2S. The summed E-state index contributed by atoms with van der Waals surface area (Å²) in [7, 11) is 0. The normalized spacial score (nSPS) is 16.2. The number of carbonyl (C=O) groups is 1. The number of hydrogen-bond donors (Lipinski definition) is 1. The van der Waals surface area contributed by atoms with Gasteiger partial charge in [-0.2, -0.15) is 0 Å². The van der Waals surface area contributed by atoms with Gasteiger partial charge in [0.25, 0.3) is 0 Å². The number of hydrogen-bond acceptors (Lipinski definition) is 4. The molecule has 1 aliphatic rings. The van der Waals surface area contributed by atoms with Gasteiger partial charge >= 0.3 is 0 Å². The Labute approximate surface area is 182 Å². The fraction of sp³-hybridized carbons (Fsp3) is 0.320. The van der Waals surface area contributed by atoms with Crippen molar-refractivity contribution in [2.24, 2.45) is 0 Å². The molecule has 0 bridgehead atoms. The molecular weight excluding hydrogens is 392 g/mol. The second-order valence-electron chi connectivity index (χ2n) is 7.49. The summed E-state index contributed by atoms with van der Waals surface area (Å²) in [6.45, 7) is 4.63. The zero-order chi connectivity index (χ0) is 20.8. The standard InChI is InChI=1S/C25H28N2O2S/c1-2-19-10-12-21(13-11-19)23(22-9-6-18-30-22)26-24(20-7-4-3-5-8-20)25(28)27-14-16-29-17-15-27/h3-13,18,23-24,26H,2,14-17H2,1H3/t23-,24+/m1/s1. The van der Waals surface area contributed by atoms with Gasteiger partial charge in [0.1, 0.15) is 6.04 Å². The molecule has 5 heteroatoms. The Kier molecular flexibility index (Phi) is 6.95. The van der Waals surface area contributed by atoms with Crippen LogP contribution in [-0.4, -0.2) is 37.1 Å². The van der Waals surface area contributed by atoms with Crippen molar-refractivity contribution < 1.29 is 9.53 Å². The second kappa shape index (κ2) is 10.0. The van der Waals surface area contributed by atoms with Crippen molar-refractivity contribution in [1.29, 1.82) is 0 Å². The Balaban J connectivity index is 1.67. The summed E-state index contributed by atoms with van der Waals surface area (Å²) in [5.74, 6) is 0.108. The van der Waals surface area contributed by atoms with Crippen molar-refractivity contribution in [1.82, 2.24) is 10.2 Å². The van der Waals surface area contributed by atoms with E-state index in [9.17, 15) is 4.79 Å². The van der Waals surface area contributed by atoms with E-state index in [2.05, 4.69) is 54.0 Å². The molecule has 1 aliphatic heterocycles. The molecule has 30 heavy (non-hydrogen) atoms. The Morgan fingerprint density at radius 2 is 1.73 bits per heavy atom. The van der Waals surface area contributed by atoms with E-state index in [0.29, 0.717) is 26.3 Å². The van der Waals surface area contributed by atoms with E-state index in [1.54, 1.807) is 11.3 Å². The SMILES string of the molecule is CCc1ccc([C@@H](N[C@H](C(=O)N2CCOCC2)c2ccccc2)c2cccs2)cc1. The van der Waals surface area contributed by atoms with E-state index in [0.717, 1.165) is 12.0 Å². The first-order valence-electron chi connectivity index (χ1n) is 10.6. The van der Waals surface area contributed by atoms with Crippen LogP contribution in [0, 0.1) is 0 Å². The molecule has 2 heterocycles. The maximum absolute atomic E-state index is 13.5. The van der Waals surface area contributed by atoms with Crippen LogP contribution >= 0.6 is 11.3 Å². The van der Waals surface area contributed by atoms with Gasteiger partial charge in [0, 0.05) is 18.0 Å². The van der Waals surface area contributed by atoms with Gasteiger partial charge in [0.05, 0.1) is 19.3 Å². The molecule has 1 amide bonds. The van der Waals surface area contributed by atoms with Crippen LogP contribution in [0.4, 0.5) is 0 Å². The van der Waals surface area contributed by atoms with Crippen LogP contribution in [0.25, 0.3) is 0 Å². The summed E-state index contributed by atoms with van der Waals surface area (Å²) >= 11 is 1.71. The molecule has 156 valence electrons. The summed E-state index contributed by atoms with van der Waals surface area (Å²) in [6, 6.07) is 22.5. The fourth-order valence-corrected chi connectivity index (χ4v) is 4.64. The molecule has 4 rings (SSSR count). The first kappa shape index (κ1) is 20.8. The third-order valence-electron chi connectivity index (χ3n) is 5.58. The van der Waals surface area contributed by atoms with Gasteiger partial charge in [-0.25, -0.2) is 0 Å². The quantitative estimate of drug-likeness (QED) is 0.608. The maximum Gasteiger partial charge on any atom is 0.244 e. The lowest BCUT2D eigenvalue weighted by Gasteiger charge is -2.33. The monoisotopic (exact) mass is 420 g/mol. The fourth-order valence-electron chi connectivity index (χ4n) is 3.83. The molecule has 1 aromatic heterocycles. The topological polar surface area (TPSA) is 41.6 Å². The molecule has 1 fully saturated rings. The van der Waals surface area contributed by atoms with Crippen molar-refractivity contribution in [2.45, 2.75) is 25.4 Å². The van der Waals surface area contributed by atoms with Crippen LogP contribution in [0.15, 0.2) is 72.1 Å².